The molecule has 0 aliphatic rings. The highest BCUT2D eigenvalue weighted by Crippen LogP contribution is 2.28. The SMILES string of the molecule is COc1ccc(/C=C/C(=O)OCC(=O)N[C@@H](C)c2ccc(F)cc2F)cc1OC. The fourth-order valence-corrected chi connectivity index (χ4v) is 2.52. The third-order valence-corrected chi connectivity index (χ3v) is 3.97. The smallest absolute Gasteiger partial charge is 0.331 e. The van der Waals surface area contributed by atoms with Crippen molar-refractivity contribution in [2.45, 2.75) is 13.0 Å². The van der Waals surface area contributed by atoms with E-state index in [1.807, 2.05) is 0 Å². The number of benzene rings is 2. The second-order valence-electron chi connectivity index (χ2n) is 6.01. The first-order valence-corrected chi connectivity index (χ1v) is 8.65. The number of hydrogen-bond acceptors (Lipinski definition) is 5. The number of methoxy groups -OCH3 is 2. The average Bonchev–Trinajstić information content (AvgIpc) is 2.70. The Morgan fingerprint density at radius 1 is 1.07 bits per heavy atom. The third kappa shape index (κ3) is 6.31. The molecule has 2 aromatic carbocycles. The molecule has 0 spiro atoms. The Kier molecular flexibility index (Phi) is 7.70. The van der Waals surface area contributed by atoms with Crippen LogP contribution in [-0.4, -0.2) is 32.7 Å². The molecule has 29 heavy (non-hydrogen) atoms. The van der Waals surface area contributed by atoms with Crippen LogP contribution in [0.2, 0.25) is 0 Å². The van der Waals surface area contributed by atoms with Gasteiger partial charge in [0, 0.05) is 17.7 Å². The summed E-state index contributed by atoms with van der Waals surface area (Å²) in [6.45, 7) is 0.995. The Morgan fingerprint density at radius 2 is 1.79 bits per heavy atom. The van der Waals surface area contributed by atoms with Crippen molar-refractivity contribution in [1.29, 1.82) is 0 Å². The number of halogens is 2. The maximum Gasteiger partial charge on any atom is 0.331 e. The maximum absolute atomic E-state index is 13.7. The molecule has 0 aliphatic carbocycles. The van der Waals surface area contributed by atoms with E-state index in [0.29, 0.717) is 17.1 Å². The highest BCUT2D eigenvalue weighted by atomic mass is 19.1. The Labute approximate surface area is 167 Å². The summed E-state index contributed by atoms with van der Waals surface area (Å²) in [5.74, 6) is -1.77. The van der Waals surface area contributed by atoms with Crippen LogP contribution in [0.3, 0.4) is 0 Å². The number of carbonyl (C=O) groups is 2. The first kappa shape index (κ1) is 21.9. The monoisotopic (exact) mass is 405 g/mol. The highest BCUT2D eigenvalue weighted by Gasteiger charge is 2.15. The molecule has 0 aliphatic heterocycles. The Balaban J connectivity index is 1.86. The predicted octanol–water partition coefficient (Wildman–Crippen LogP) is 3.42. The van der Waals surface area contributed by atoms with E-state index in [2.05, 4.69) is 5.32 Å². The van der Waals surface area contributed by atoms with Crippen LogP contribution in [0.5, 0.6) is 11.5 Å². The van der Waals surface area contributed by atoms with Gasteiger partial charge < -0.3 is 19.5 Å². The molecule has 154 valence electrons. The molecule has 0 saturated carbocycles. The lowest BCUT2D eigenvalue weighted by molar-refractivity contribution is -0.144. The van der Waals surface area contributed by atoms with E-state index in [1.54, 1.807) is 18.2 Å². The molecular formula is C21H21F2NO5. The molecule has 8 heteroatoms. The predicted molar refractivity (Wildman–Crippen MR) is 102 cm³/mol. The number of amides is 1. The maximum atomic E-state index is 13.7. The van der Waals surface area contributed by atoms with Gasteiger partial charge in [-0.25, -0.2) is 13.6 Å². The molecule has 0 bridgehead atoms. The van der Waals surface area contributed by atoms with E-state index >= 15 is 0 Å². The van der Waals surface area contributed by atoms with Crippen LogP contribution >= 0.6 is 0 Å². The molecule has 0 saturated heterocycles. The van der Waals surface area contributed by atoms with E-state index < -0.39 is 36.2 Å². The van der Waals surface area contributed by atoms with E-state index in [9.17, 15) is 18.4 Å². The van der Waals surface area contributed by atoms with Crippen LogP contribution in [0.4, 0.5) is 8.78 Å². The van der Waals surface area contributed by atoms with Gasteiger partial charge in [0.15, 0.2) is 18.1 Å². The molecule has 0 radical (unpaired) electrons. The van der Waals surface area contributed by atoms with Crippen LogP contribution in [0, 0.1) is 11.6 Å². The van der Waals surface area contributed by atoms with Crippen LogP contribution in [0.15, 0.2) is 42.5 Å². The van der Waals surface area contributed by atoms with Crippen molar-refractivity contribution < 1.29 is 32.6 Å². The number of nitrogens with one attached hydrogen (secondary N) is 1. The van der Waals surface area contributed by atoms with Gasteiger partial charge in [-0.05, 0) is 36.8 Å². The topological polar surface area (TPSA) is 73.9 Å². The zero-order valence-corrected chi connectivity index (χ0v) is 16.2. The summed E-state index contributed by atoms with van der Waals surface area (Å²) >= 11 is 0. The summed E-state index contributed by atoms with van der Waals surface area (Å²) in [7, 11) is 3.01. The largest absolute Gasteiger partial charge is 0.493 e. The van der Waals surface area contributed by atoms with Gasteiger partial charge in [-0.2, -0.15) is 0 Å². The van der Waals surface area contributed by atoms with Crippen molar-refractivity contribution in [3.05, 3.63) is 65.2 Å². The summed E-state index contributed by atoms with van der Waals surface area (Å²) < 4.78 is 41.9. The molecule has 0 heterocycles. The second-order valence-corrected chi connectivity index (χ2v) is 6.01. The number of ether oxygens (including phenoxy) is 3. The number of rotatable bonds is 8. The zero-order valence-electron chi connectivity index (χ0n) is 16.2. The molecule has 0 unspecified atom stereocenters. The Bertz CT molecular complexity index is 914. The van der Waals surface area contributed by atoms with E-state index in [1.165, 1.54) is 33.3 Å². The number of carbonyl (C=O) groups excluding carboxylic acids is 2. The first-order chi connectivity index (χ1) is 13.8. The van der Waals surface area contributed by atoms with Gasteiger partial charge in [-0.3, -0.25) is 4.79 Å². The molecule has 1 N–H and O–H groups in total. The van der Waals surface area contributed by atoms with Crippen molar-refractivity contribution >= 4 is 18.0 Å². The molecule has 2 aromatic rings. The normalized spacial score (nSPS) is 11.8. The van der Waals surface area contributed by atoms with Gasteiger partial charge in [0.1, 0.15) is 11.6 Å². The minimum Gasteiger partial charge on any atom is -0.493 e. The fraction of sp³-hybridized carbons (Fsp3) is 0.238. The third-order valence-electron chi connectivity index (χ3n) is 3.97. The van der Waals surface area contributed by atoms with Crippen LogP contribution < -0.4 is 14.8 Å². The van der Waals surface area contributed by atoms with Crippen LogP contribution in [0.25, 0.3) is 6.08 Å². The lowest BCUT2D eigenvalue weighted by Crippen LogP contribution is -2.31. The van der Waals surface area contributed by atoms with E-state index in [-0.39, 0.29) is 5.56 Å². The average molecular weight is 405 g/mol. The van der Waals surface area contributed by atoms with E-state index in [4.69, 9.17) is 14.2 Å². The Morgan fingerprint density at radius 3 is 2.45 bits per heavy atom. The number of esters is 1. The standard InChI is InChI=1S/C21H21F2NO5/c1-13(16-7-6-15(22)11-17(16)23)24-20(25)12-29-21(26)9-5-14-4-8-18(27-2)19(10-14)28-3/h4-11,13H,12H2,1-3H3,(H,24,25)/b9-5+/t13-/m0/s1. The molecule has 0 fully saturated rings. The lowest BCUT2D eigenvalue weighted by Gasteiger charge is -2.15. The summed E-state index contributed by atoms with van der Waals surface area (Å²) in [6.07, 6.45) is 2.66. The quantitative estimate of drug-likeness (QED) is 0.538. The molecular weight excluding hydrogens is 384 g/mol. The number of hydrogen-bond donors (Lipinski definition) is 1. The zero-order chi connectivity index (χ0) is 21.4. The van der Waals surface area contributed by atoms with Crippen molar-refractivity contribution in [3.8, 4) is 11.5 Å². The van der Waals surface area contributed by atoms with Gasteiger partial charge in [0.25, 0.3) is 5.91 Å². The van der Waals surface area contributed by atoms with Crippen LogP contribution in [-0.2, 0) is 14.3 Å². The van der Waals surface area contributed by atoms with Crippen molar-refractivity contribution in [2.24, 2.45) is 0 Å². The Hall–Kier alpha value is -3.42. The minimum absolute atomic E-state index is 0.124. The van der Waals surface area contributed by atoms with Gasteiger partial charge in [-0.1, -0.05) is 12.1 Å². The molecule has 1 atom stereocenters. The molecule has 2 rings (SSSR count). The summed E-state index contributed by atoms with van der Waals surface area (Å²) in [6, 6.07) is 7.44. The van der Waals surface area contributed by atoms with Crippen LogP contribution in [0.1, 0.15) is 24.1 Å². The van der Waals surface area contributed by atoms with Gasteiger partial charge >= 0.3 is 5.97 Å². The fourth-order valence-electron chi connectivity index (χ4n) is 2.52. The summed E-state index contributed by atoms with van der Waals surface area (Å²) in [4.78, 5) is 23.7. The molecule has 0 aromatic heterocycles. The lowest BCUT2D eigenvalue weighted by atomic mass is 10.1. The second kappa shape index (κ2) is 10.2. The molecule has 6 nitrogen and oxygen atoms in total. The summed E-state index contributed by atoms with van der Waals surface area (Å²) in [5.41, 5.74) is 0.795. The van der Waals surface area contributed by atoms with Crippen molar-refractivity contribution in [1.82, 2.24) is 5.32 Å². The first-order valence-electron chi connectivity index (χ1n) is 8.65. The summed E-state index contributed by atoms with van der Waals surface area (Å²) in [5, 5.41) is 2.48. The van der Waals surface area contributed by atoms with Gasteiger partial charge in [0.2, 0.25) is 0 Å². The minimum atomic E-state index is -0.771. The van der Waals surface area contributed by atoms with E-state index in [0.717, 1.165) is 18.2 Å². The molecule has 1 amide bonds. The van der Waals surface area contributed by atoms with Crippen molar-refractivity contribution in [2.75, 3.05) is 20.8 Å². The highest BCUT2D eigenvalue weighted by molar-refractivity contribution is 5.89. The van der Waals surface area contributed by atoms with Gasteiger partial charge in [0.05, 0.1) is 20.3 Å². The van der Waals surface area contributed by atoms with Crippen molar-refractivity contribution in [3.63, 3.8) is 0 Å². The van der Waals surface area contributed by atoms with Gasteiger partial charge in [-0.15, -0.1) is 0 Å².